The number of nitrogens with one attached hydrogen (secondary N) is 1. The Morgan fingerprint density at radius 3 is 2.52 bits per heavy atom. The molecule has 0 aliphatic rings. The topological polar surface area (TPSA) is 83.5 Å². The molecule has 21 heavy (non-hydrogen) atoms. The molecule has 0 aliphatic carbocycles. The van der Waals surface area contributed by atoms with Crippen LogP contribution < -0.4 is 4.72 Å². The lowest BCUT2D eigenvalue weighted by Crippen LogP contribution is -2.14. The van der Waals surface area contributed by atoms with Crippen molar-refractivity contribution in [2.45, 2.75) is 4.90 Å². The molecule has 0 radical (unpaired) electrons. The minimum Gasteiger partial charge on any atom is -0.477 e. The van der Waals surface area contributed by atoms with Gasteiger partial charge in [0.05, 0.1) is 9.47 Å². The van der Waals surface area contributed by atoms with Crippen molar-refractivity contribution in [1.29, 1.82) is 0 Å². The molecule has 2 rings (SSSR count). The van der Waals surface area contributed by atoms with Gasteiger partial charge >= 0.3 is 5.97 Å². The third-order valence-electron chi connectivity index (χ3n) is 2.33. The van der Waals surface area contributed by atoms with E-state index in [0.29, 0.717) is 17.4 Å². The van der Waals surface area contributed by atoms with Crippen LogP contribution >= 0.6 is 27.3 Å². The summed E-state index contributed by atoms with van der Waals surface area (Å²) in [6.07, 6.45) is 0. The predicted molar refractivity (Wildman–Crippen MR) is 76.1 cm³/mol. The third-order valence-corrected chi connectivity index (χ3v) is 5.93. The number of carboxylic acid groups (broad SMARTS) is 1. The highest BCUT2D eigenvalue weighted by Gasteiger charge is 2.24. The van der Waals surface area contributed by atoms with Crippen LogP contribution in [0.1, 0.15) is 9.67 Å². The van der Waals surface area contributed by atoms with Crippen LogP contribution in [0.15, 0.2) is 32.9 Å². The van der Waals surface area contributed by atoms with E-state index in [-0.39, 0.29) is 13.6 Å². The molecule has 0 bridgehead atoms. The lowest BCUT2D eigenvalue weighted by atomic mass is 10.3. The molecule has 1 aromatic heterocycles. The summed E-state index contributed by atoms with van der Waals surface area (Å²) in [6.45, 7) is 0. The number of aromatic carboxylic acids is 1. The number of carbonyl (C=O) groups is 1. The standard InChI is InChI=1S/C11H6BrF2NO4S2/c12-10-9(4-8(20-10)11(16)17)21(18,19)15-7-3-5(13)1-2-6(7)14/h1-4,15H,(H,16,17). The second-order valence-corrected chi connectivity index (χ2v) is 7.80. The molecule has 2 N–H and O–H groups in total. The lowest BCUT2D eigenvalue weighted by Gasteiger charge is -2.08. The number of benzene rings is 1. The Balaban J connectivity index is 2.43. The summed E-state index contributed by atoms with van der Waals surface area (Å²) in [5.74, 6) is -3.06. The van der Waals surface area contributed by atoms with Crippen molar-refractivity contribution in [3.8, 4) is 0 Å². The molecular weight excluding hydrogens is 392 g/mol. The van der Waals surface area contributed by atoms with Crippen molar-refractivity contribution in [2.75, 3.05) is 4.72 Å². The van der Waals surface area contributed by atoms with E-state index in [1.165, 1.54) is 0 Å². The fourth-order valence-corrected chi connectivity index (χ4v) is 4.88. The zero-order valence-electron chi connectivity index (χ0n) is 9.93. The number of anilines is 1. The van der Waals surface area contributed by atoms with Crippen molar-refractivity contribution < 1.29 is 27.1 Å². The molecule has 1 aromatic carbocycles. The van der Waals surface area contributed by atoms with Gasteiger partial charge in [0.25, 0.3) is 10.0 Å². The van der Waals surface area contributed by atoms with Gasteiger partial charge in [0.1, 0.15) is 21.4 Å². The van der Waals surface area contributed by atoms with Gasteiger partial charge in [0, 0.05) is 6.07 Å². The van der Waals surface area contributed by atoms with Gasteiger partial charge in [0.2, 0.25) is 0 Å². The van der Waals surface area contributed by atoms with Gasteiger partial charge in [-0.2, -0.15) is 0 Å². The molecule has 0 spiro atoms. The van der Waals surface area contributed by atoms with E-state index in [1.54, 1.807) is 0 Å². The molecule has 0 fully saturated rings. The van der Waals surface area contributed by atoms with Crippen LogP contribution in [0, 0.1) is 11.6 Å². The smallest absolute Gasteiger partial charge is 0.345 e. The molecule has 0 amide bonds. The van der Waals surface area contributed by atoms with E-state index in [2.05, 4.69) is 15.9 Å². The summed E-state index contributed by atoms with van der Waals surface area (Å²) < 4.78 is 52.6. The first-order valence-electron chi connectivity index (χ1n) is 5.21. The van der Waals surface area contributed by atoms with E-state index < -0.39 is 33.3 Å². The van der Waals surface area contributed by atoms with E-state index in [0.717, 1.165) is 18.2 Å². The van der Waals surface area contributed by atoms with Gasteiger partial charge in [-0.25, -0.2) is 22.0 Å². The van der Waals surface area contributed by atoms with Crippen molar-refractivity contribution in [3.63, 3.8) is 0 Å². The minimum atomic E-state index is -4.25. The Kier molecular flexibility index (Phi) is 4.30. The summed E-state index contributed by atoms with van der Waals surface area (Å²) in [7, 11) is -4.25. The summed E-state index contributed by atoms with van der Waals surface area (Å²) in [5.41, 5.74) is -0.565. The second-order valence-electron chi connectivity index (χ2n) is 3.78. The third kappa shape index (κ3) is 3.39. The highest BCUT2D eigenvalue weighted by atomic mass is 79.9. The first-order valence-corrected chi connectivity index (χ1v) is 8.30. The predicted octanol–water partition coefficient (Wildman–Crippen LogP) is 3.29. The molecule has 0 saturated carbocycles. The summed E-state index contributed by atoms with van der Waals surface area (Å²) in [4.78, 5) is 10.2. The van der Waals surface area contributed by atoms with Gasteiger partial charge in [-0.1, -0.05) is 0 Å². The summed E-state index contributed by atoms with van der Waals surface area (Å²) >= 11 is 3.63. The van der Waals surface area contributed by atoms with Crippen molar-refractivity contribution in [3.05, 3.63) is 44.6 Å². The van der Waals surface area contributed by atoms with E-state index >= 15 is 0 Å². The quantitative estimate of drug-likeness (QED) is 0.828. The molecule has 0 atom stereocenters. The van der Waals surface area contributed by atoms with Gasteiger partial charge < -0.3 is 5.11 Å². The number of thiophene rings is 1. The lowest BCUT2D eigenvalue weighted by molar-refractivity contribution is 0.0702. The van der Waals surface area contributed by atoms with Gasteiger partial charge in [-0.05, 0) is 34.1 Å². The maximum atomic E-state index is 13.5. The maximum Gasteiger partial charge on any atom is 0.345 e. The van der Waals surface area contributed by atoms with Gasteiger partial charge in [-0.15, -0.1) is 11.3 Å². The average molecular weight is 398 g/mol. The monoisotopic (exact) mass is 397 g/mol. The van der Waals surface area contributed by atoms with Crippen molar-refractivity contribution in [2.24, 2.45) is 0 Å². The Hall–Kier alpha value is -1.52. The molecule has 2 aromatic rings. The van der Waals surface area contributed by atoms with E-state index in [1.807, 2.05) is 4.72 Å². The van der Waals surface area contributed by atoms with Crippen LogP contribution in [-0.4, -0.2) is 19.5 Å². The first kappa shape index (κ1) is 15.9. The summed E-state index contributed by atoms with van der Waals surface area (Å²) in [6, 6.07) is 3.23. The molecule has 1 heterocycles. The van der Waals surface area contributed by atoms with Crippen LogP contribution in [0.25, 0.3) is 0 Å². The van der Waals surface area contributed by atoms with Crippen molar-refractivity contribution in [1.82, 2.24) is 0 Å². The normalized spacial score (nSPS) is 11.4. The Morgan fingerprint density at radius 2 is 1.95 bits per heavy atom. The second kappa shape index (κ2) is 5.70. The van der Waals surface area contributed by atoms with E-state index in [4.69, 9.17) is 5.11 Å². The fourth-order valence-electron chi connectivity index (χ4n) is 1.42. The molecular formula is C11H6BrF2NO4S2. The Labute approximate surface area is 130 Å². The number of sulfonamides is 1. The highest BCUT2D eigenvalue weighted by molar-refractivity contribution is 9.11. The fraction of sp³-hybridized carbons (Fsp3) is 0. The van der Waals surface area contributed by atoms with Crippen LogP contribution in [0.3, 0.4) is 0 Å². The van der Waals surface area contributed by atoms with E-state index in [9.17, 15) is 22.0 Å². The molecule has 5 nitrogen and oxygen atoms in total. The SMILES string of the molecule is O=C(O)c1cc(S(=O)(=O)Nc2cc(F)ccc2F)c(Br)s1. The number of halogens is 3. The zero-order chi connectivity index (χ0) is 15.8. The molecule has 112 valence electrons. The van der Waals surface area contributed by atoms with Crippen LogP contribution in [0.5, 0.6) is 0 Å². The molecule has 10 heteroatoms. The van der Waals surface area contributed by atoms with Gasteiger partial charge in [-0.3, -0.25) is 4.72 Å². The first-order chi connectivity index (χ1) is 9.70. The molecule has 0 unspecified atom stereocenters. The average Bonchev–Trinajstić information content (AvgIpc) is 2.77. The van der Waals surface area contributed by atoms with Crippen molar-refractivity contribution >= 4 is 48.9 Å². The number of hydrogen-bond donors (Lipinski definition) is 2. The Bertz CT molecular complexity index is 820. The zero-order valence-corrected chi connectivity index (χ0v) is 13.2. The van der Waals surface area contributed by atoms with Crippen LogP contribution in [0.4, 0.5) is 14.5 Å². The molecule has 0 saturated heterocycles. The Morgan fingerprint density at radius 1 is 1.29 bits per heavy atom. The highest BCUT2D eigenvalue weighted by Crippen LogP contribution is 2.33. The molecule has 0 aliphatic heterocycles. The minimum absolute atomic E-state index is 0.0456. The number of carboxylic acids is 1. The number of rotatable bonds is 4. The maximum absolute atomic E-state index is 13.5. The largest absolute Gasteiger partial charge is 0.477 e. The summed E-state index contributed by atoms with van der Waals surface area (Å²) in [5, 5.41) is 8.82. The van der Waals surface area contributed by atoms with Crippen LogP contribution in [-0.2, 0) is 10.0 Å². The van der Waals surface area contributed by atoms with Gasteiger partial charge in [0.15, 0.2) is 0 Å². The van der Waals surface area contributed by atoms with Crippen LogP contribution in [0.2, 0.25) is 0 Å². The number of hydrogen-bond acceptors (Lipinski definition) is 4.